The van der Waals surface area contributed by atoms with E-state index >= 15 is 0 Å². The summed E-state index contributed by atoms with van der Waals surface area (Å²) in [7, 11) is 0. The van der Waals surface area contributed by atoms with Gasteiger partial charge in [0.05, 0.1) is 3.79 Å². The maximum atomic E-state index is 11.6. The molecule has 1 atom stereocenters. The highest BCUT2D eigenvalue weighted by Gasteiger charge is 2.16. The molecule has 0 aliphatic rings. The van der Waals surface area contributed by atoms with Crippen LogP contribution in [0.15, 0.2) is 15.9 Å². The lowest BCUT2D eigenvalue weighted by molar-refractivity contribution is -0.121. The second-order valence-corrected chi connectivity index (χ2v) is 6.50. The van der Waals surface area contributed by atoms with Crippen molar-refractivity contribution in [3.8, 4) is 0 Å². The van der Waals surface area contributed by atoms with Crippen LogP contribution in [-0.2, 0) is 4.79 Å². The molecule has 1 aromatic heterocycles. The first-order chi connectivity index (χ1) is 7.52. The second kappa shape index (κ2) is 6.37. The van der Waals surface area contributed by atoms with Crippen molar-refractivity contribution in [1.29, 1.82) is 0 Å². The minimum Gasteiger partial charge on any atom is -0.354 e. The van der Waals surface area contributed by atoms with Crippen LogP contribution < -0.4 is 11.1 Å². The Bertz CT molecular complexity index is 352. The topological polar surface area (TPSA) is 55.1 Å². The molecule has 3 nitrogen and oxygen atoms in total. The molecule has 1 aromatic rings. The van der Waals surface area contributed by atoms with E-state index in [2.05, 4.69) is 21.2 Å². The second-order valence-electron chi connectivity index (χ2n) is 4.00. The highest BCUT2D eigenvalue weighted by molar-refractivity contribution is 9.11. The van der Waals surface area contributed by atoms with Gasteiger partial charge in [-0.15, -0.1) is 11.3 Å². The number of hydrogen-bond acceptors (Lipinski definition) is 3. The van der Waals surface area contributed by atoms with Crippen molar-refractivity contribution < 1.29 is 4.79 Å². The van der Waals surface area contributed by atoms with Crippen LogP contribution in [0.1, 0.15) is 31.1 Å². The Morgan fingerprint density at radius 2 is 2.25 bits per heavy atom. The van der Waals surface area contributed by atoms with E-state index in [1.54, 1.807) is 11.3 Å². The highest BCUT2D eigenvalue weighted by Crippen LogP contribution is 2.29. The van der Waals surface area contributed by atoms with Gasteiger partial charge in [-0.2, -0.15) is 0 Å². The van der Waals surface area contributed by atoms with Crippen LogP contribution in [-0.4, -0.2) is 18.5 Å². The van der Waals surface area contributed by atoms with Gasteiger partial charge in [0.25, 0.3) is 0 Å². The van der Waals surface area contributed by atoms with Crippen LogP contribution in [0.5, 0.6) is 0 Å². The molecule has 0 saturated carbocycles. The fourth-order valence-corrected chi connectivity index (χ4v) is 2.99. The van der Waals surface area contributed by atoms with Gasteiger partial charge in [0.1, 0.15) is 0 Å². The Balaban J connectivity index is 2.59. The number of nitrogens with one attached hydrogen (secondary N) is 1. The van der Waals surface area contributed by atoms with E-state index in [4.69, 9.17) is 5.73 Å². The number of carbonyl (C=O) groups is 1. The van der Waals surface area contributed by atoms with E-state index in [9.17, 15) is 4.79 Å². The van der Waals surface area contributed by atoms with E-state index < -0.39 is 0 Å². The summed E-state index contributed by atoms with van der Waals surface area (Å²) in [4.78, 5) is 12.8. The number of thiophene rings is 1. The summed E-state index contributed by atoms with van der Waals surface area (Å²) in [6, 6.07) is 4.19. The van der Waals surface area contributed by atoms with Crippen molar-refractivity contribution in [2.24, 2.45) is 5.73 Å². The minimum atomic E-state index is 0.0648. The number of hydrogen-bond donors (Lipinski definition) is 2. The van der Waals surface area contributed by atoms with Gasteiger partial charge in [-0.05, 0) is 41.9 Å². The summed E-state index contributed by atoms with van der Waals surface area (Å²) >= 11 is 5.05. The van der Waals surface area contributed by atoms with E-state index in [0.29, 0.717) is 13.0 Å². The average Bonchev–Trinajstić information content (AvgIpc) is 2.60. The van der Waals surface area contributed by atoms with Gasteiger partial charge in [-0.25, -0.2) is 0 Å². The molecule has 0 radical (unpaired) electrons. The zero-order chi connectivity index (χ0) is 12.1. The molecule has 0 saturated heterocycles. The average molecular weight is 305 g/mol. The molecule has 0 aliphatic carbocycles. The fraction of sp³-hybridized carbons (Fsp3) is 0.545. The lowest BCUT2D eigenvalue weighted by atomic mass is 10.0. The summed E-state index contributed by atoms with van der Waals surface area (Å²) in [5.41, 5.74) is 5.70. The van der Waals surface area contributed by atoms with E-state index in [1.807, 2.05) is 26.0 Å². The molecule has 0 spiro atoms. The van der Waals surface area contributed by atoms with Crippen LogP contribution in [0.2, 0.25) is 0 Å². The van der Waals surface area contributed by atoms with Crippen molar-refractivity contribution >= 4 is 33.2 Å². The quantitative estimate of drug-likeness (QED) is 0.878. The molecule has 1 rings (SSSR count). The van der Waals surface area contributed by atoms with Crippen molar-refractivity contribution in [3.63, 3.8) is 0 Å². The van der Waals surface area contributed by atoms with E-state index in [1.165, 1.54) is 0 Å². The van der Waals surface area contributed by atoms with Crippen molar-refractivity contribution in [2.45, 2.75) is 32.2 Å². The molecule has 5 heteroatoms. The monoisotopic (exact) mass is 304 g/mol. The molecule has 1 heterocycles. The van der Waals surface area contributed by atoms with Crippen LogP contribution in [0, 0.1) is 0 Å². The van der Waals surface area contributed by atoms with Crippen LogP contribution in [0.3, 0.4) is 0 Å². The number of rotatable bonds is 5. The van der Waals surface area contributed by atoms with Gasteiger partial charge in [-0.1, -0.05) is 0 Å². The molecule has 1 unspecified atom stereocenters. The van der Waals surface area contributed by atoms with Gasteiger partial charge in [-0.3, -0.25) is 4.79 Å². The highest BCUT2D eigenvalue weighted by atomic mass is 79.9. The largest absolute Gasteiger partial charge is 0.354 e. The normalized spacial score (nSPS) is 12.8. The molecule has 0 aliphatic heterocycles. The zero-order valence-corrected chi connectivity index (χ0v) is 11.9. The molecule has 3 N–H and O–H groups in total. The SMILES string of the molecule is CC(C)NC(=O)CC(CN)c1ccc(Br)s1. The molecule has 16 heavy (non-hydrogen) atoms. The third kappa shape index (κ3) is 4.23. The summed E-state index contributed by atoms with van der Waals surface area (Å²) in [6.45, 7) is 4.41. The first-order valence-electron chi connectivity index (χ1n) is 5.27. The number of amides is 1. The minimum absolute atomic E-state index is 0.0648. The lowest BCUT2D eigenvalue weighted by Gasteiger charge is -2.14. The molecule has 0 fully saturated rings. The Morgan fingerprint density at radius 3 is 2.69 bits per heavy atom. The lowest BCUT2D eigenvalue weighted by Crippen LogP contribution is -2.32. The fourth-order valence-electron chi connectivity index (χ4n) is 1.45. The first kappa shape index (κ1) is 13.7. The maximum absolute atomic E-state index is 11.6. The maximum Gasteiger partial charge on any atom is 0.220 e. The summed E-state index contributed by atoms with van der Waals surface area (Å²) in [5.74, 6) is 0.185. The predicted molar refractivity (Wildman–Crippen MR) is 71.7 cm³/mol. The molecule has 1 amide bonds. The van der Waals surface area contributed by atoms with Crippen LogP contribution in [0.25, 0.3) is 0 Å². The van der Waals surface area contributed by atoms with Crippen molar-refractivity contribution in [3.05, 3.63) is 20.8 Å². The standard InChI is InChI=1S/C11H17BrN2OS/c1-7(2)14-11(15)5-8(6-13)9-3-4-10(12)16-9/h3-4,7-8H,5-6,13H2,1-2H3,(H,14,15). The molecular formula is C11H17BrN2OS. The number of nitrogens with two attached hydrogens (primary N) is 1. The van der Waals surface area contributed by atoms with Crippen LogP contribution in [0.4, 0.5) is 0 Å². The van der Waals surface area contributed by atoms with Gasteiger partial charge >= 0.3 is 0 Å². The molecule has 0 aromatic carbocycles. The Labute approximate surface area is 109 Å². The van der Waals surface area contributed by atoms with Crippen LogP contribution >= 0.6 is 27.3 Å². The smallest absolute Gasteiger partial charge is 0.220 e. The summed E-state index contributed by atoms with van der Waals surface area (Å²) < 4.78 is 1.07. The van der Waals surface area contributed by atoms with E-state index in [0.717, 1.165) is 8.66 Å². The summed E-state index contributed by atoms with van der Waals surface area (Å²) in [5, 5.41) is 2.88. The molecular weight excluding hydrogens is 288 g/mol. The molecule has 0 bridgehead atoms. The Hall–Kier alpha value is -0.390. The van der Waals surface area contributed by atoms with E-state index in [-0.39, 0.29) is 17.9 Å². The summed E-state index contributed by atoms with van der Waals surface area (Å²) in [6.07, 6.45) is 0.460. The third-order valence-electron chi connectivity index (χ3n) is 2.16. The third-order valence-corrected chi connectivity index (χ3v) is 3.95. The van der Waals surface area contributed by atoms with Gasteiger partial charge in [0, 0.05) is 29.8 Å². The van der Waals surface area contributed by atoms with Crippen molar-refractivity contribution in [1.82, 2.24) is 5.32 Å². The number of halogens is 1. The van der Waals surface area contributed by atoms with Crippen molar-refractivity contribution in [2.75, 3.05) is 6.54 Å². The zero-order valence-electron chi connectivity index (χ0n) is 9.50. The molecule has 90 valence electrons. The first-order valence-corrected chi connectivity index (χ1v) is 6.88. The Kier molecular flexibility index (Phi) is 5.44. The van der Waals surface area contributed by atoms with Gasteiger partial charge in [0.2, 0.25) is 5.91 Å². The predicted octanol–water partition coefficient (Wildman–Crippen LogP) is 2.47. The van der Waals surface area contributed by atoms with Gasteiger partial charge in [0.15, 0.2) is 0 Å². The number of carbonyl (C=O) groups excluding carboxylic acids is 1. The Morgan fingerprint density at radius 1 is 1.56 bits per heavy atom. The van der Waals surface area contributed by atoms with Gasteiger partial charge < -0.3 is 11.1 Å².